The van der Waals surface area contributed by atoms with E-state index in [1.807, 2.05) is 0 Å². The average molecular weight is 216 g/mol. The van der Waals surface area contributed by atoms with Crippen LogP contribution in [0, 0.1) is 12.8 Å². The molecule has 1 aromatic carbocycles. The number of hydrogen-bond donors (Lipinski definition) is 0. The molecule has 0 unspecified atom stereocenters. The second-order valence-corrected chi connectivity index (χ2v) is 4.95. The van der Waals surface area contributed by atoms with Gasteiger partial charge in [-0.2, -0.15) is 0 Å². The molecule has 0 aliphatic rings. The van der Waals surface area contributed by atoms with Crippen molar-refractivity contribution in [2.75, 3.05) is 0 Å². The van der Waals surface area contributed by atoms with E-state index >= 15 is 0 Å². The van der Waals surface area contributed by atoms with Crippen LogP contribution in [0.1, 0.15) is 50.3 Å². The number of hydrogen-bond acceptors (Lipinski definition) is 0. The molecule has 0 aromatic heterocycles. The van der Waals surface area contributed by atoms with E-state index in [9.17, 15) is 0 Å². The van der Waals surface area contributed by atoms with Gasteiger partial charge in [0.05, 0.1) is 0 Å². The van der Waals surface area contributed by atoms with Crippen molar-refractivity contribution in [3.8, 4) is 0 Å². The maximum absolute atomic E-state index is 2.29. The lowest BCUT2D eigenvalue weighted by atomic mass is 9.96. The van der Waals surface area contributed by atoms with Crippen LogP contribution < -0.4 is 0 Å². The van der Waals surface area contributed by atoms with Crippen LogP contribution in [0.2, 0.25) is 0 Å². The van der Waals surface area contributed by atoms with E-state index in [0.717, 1.165) is 12.3 Å². The average Bonchev–Trinajstić information content (AvgIpc) is 2.24. The van der Waals surface area contributed by atoms with Crippen molar-refractivity contribution in [2.24, 2.45) is 5.92 Å². The summed E-state index contributed by atoms with van der Waals surface area (Å²) in [5.74, 6) is 0.782. The van der Waals surface area contributed by atoms with Crippen molar-refractivity contribution in [2.45, 2.75) is 47.0 Å². The van der Waals surface area contributed by atoms with Crippen molar-refractivity contribution < 1.29 is 0 Å². The molecule has 88 valence electrons. The van der Waals surface area contributed by atoms with Gasteiger partial charge in [-0.1, -0.05) is 56.7 Å². The Labute approximate surface area is 100 Å². The van der Waals surface area contributed by atoms with Crippen LogP contribution in [0.25, 0.3) is 6.08 Å². The van der Waals surface area contributed by atoms with Gasteiger partial charge >= 0.3 is 0 Å². The minimum absolute atomic E-state index is 0.782. The Kier molecular flexibility index (Phi) is 5.31. The zero-order valence-corrected chi connectivity index (χ0v) is 11.1. The molecule has 0 atom stereocenters. The molecule has 0 fully saturated rings. The lowest BCUT2D eigenvalue weighted by Gasteiger charge is -2.09. The third-order valence-corrected chi connectivity index (χ3v) is 2.83. The molecule has 0 bridgehead atoms. The first-order valence-electron chi connectivity index (χ1n) is 6.39. The van der Waals surface area contributed by atoms with E-state index in [2.05, 4.69) is 58.0 Å². The van der Waals surface area contributed by atoms with Gasteiger partial charge in [0.1, 0.15) is 0 Å². The van der Waals surface area contributed by atoms with E-state index in [0.29, 0.717) is 0 Å². The molecule has 1 aromatic rings. The van der Waals surface area contributed by atoms with Gasteiger partial charge in [0, 0.05) is 0 Å². The minimum Gasteiger partial charge on any atom is -0.0842 e. The molecule has 0 amide bonds. The van der Waals surface area contributed by atoms with Gasteiger partial charge in [-0.25, -0.2) is 0 Å². The summed E-state index contributed by atoms with van der Waals surface area (Å²) in [6, 6.07) is 6.80. The van der Waals surface area contributed by atoms with Crippen LogP contribution in [0.3, 0.4) is 0 Å². The molecule has 0 radical (unpaired) electrons. The van der Waals surface area contributed by atoms with Crippen LogP contribution in [-0.2, 0) is 6.42 Å². The molecular formula is C16H24. The molecule has 0 heteroatoms. The van der Waals surface area contributed by atoms with Gasteiger partial charge in [-0.3, -0.25) is 0 Å². The normalized spacial score (nSPS) is 11.6. The standard InChI is InChI=1S/C16H24/c1-5-6-7-16-12-14(4)9-11-15(16)10-8-13(2)3/h6-7,9,11-13H,5,8,10H2,1-4H3/b7-6-. The van der Waals surface area contributed by atoms with Crippen molar-refractivity contribution in [1.29, 1.82) is 0 Å². The molecule has 0 saturated heterocycles. The van der Waals surface area contributed by atoms with Gasteiger partial charge in [0.2, 0.25) is 0 Å². The highest BCUT2D eigenvalue weighted by Gasteiger charge is 2.01. The van der Waals surface area contributed by atoms with Crippen LogP contribution in [-0.4, -0.2) is 0 Å². The summed E-state index contributed by atoms with van der Waals surface area (Å²) in [5, 5.41) is 0. The van der Waals surface area contributed by atoms with E-state index in [1.165, 1.54) is 29.5 Å². The topological polar surface area (TPSA) is 0 Å². The summed E-state index contributed by atoms with van der Waals surface area (Å²) in [4.78, 5) is 0. The second kappa shape index (κ2) is 6.52. The van der Waals surface area contributed by atoms with Gasteiger partial charge in [-0.15, -0.1) is 0 Å². The van der Waals surface area contributed by atoms with Gasteiger partial charge < -0.3 is 0 Å². The van der Waals surface area contributed by atoms with Gasteiger partial charge in [0.25, 0.3) is 0 Å². The van der Waals surface area contributed by atoms with E-state index < -0.39 is 0 Å². The minimum atomic E-state index is 0.782. The van der Waals surface area contributed by atoms with Crippen molar-refractivity contribution >= 4 is 6.08 Å². The summed E-state index contributed by atoms with van der Waals surface area (Å²) >= 11 is 0. The summed E-state index contributed by atoms with van der Waals surface area (Å²) in [7, 11) is 0. The second-order valence-electron chi connectivity index (χ2n) is 4.95. The lowest BCUT2D eigenvalue weighted by Crippen LogP contribution is -1.95. The molecule has 16 heavy (non-hydrogen) atoms. The molecule has 0 heterocycles. The number of rotatable bonds is 5. The van der Waals surface area contributed by atoms with E-state index in [1.54, 1.807) is 0 Å². The van der Waals surface area contributed by atoms with Gasteiger partial charge in [0.15, 0.2) is 0 Å². The molecule has 0 aliphatic carbocycles. The summed E-state index contributed by atoms with van der Waals surface area (Å²) in [6.45, 7) is 8.92. The fourth-order valence-electron chi connectivity index (χ4n) is 1.79. The van der Waals surface area contributed by atoms with Crippen LogP contribution >= 0.6 is 0 Å². The Morgan fingerprint density at radius 1 is 1.25 bits per heavy atom. The number of allylic oxidation sites excluding steroid dienone is 1. The highest BCUT2D eigenvalue weighted by atomic mass is 14.1. The van der Waals surface area contributed by atoms with Crippen molar-refractivity contribution in [3.05, 3.63) is 41.0 Å². The van der Waals surface area contributed by atoms with Crippen molar-refractivity contribution in [3.63, 3.8) is 0 Å². The Hall–Kier alpha value is -1.04. The first-order valence-corrected chi connectivity index (χ1v) is 6.39. The molecule has 0 spiro atoms. The number of benzene rings is 1. The molecular weight excluding hydrogens is 192 g/mol. The Morgan fingerprint density at radius 2 is 2.00 bits per heavy atom. The first kappa shape index (κ1) is 13.0. The largest absolute Gasteiger partial charge is 0.0842 e. The Bertz CT molecular complexity index is 345. The molecule has 0 aliphatic heterocycles. The molecule has 0 N–H and O–H groups in total. The monoisotopic (exact) mass is 216 g/mol. The SMILES string of the molecule is CC/C=C\c1cc(C)ccc1CCC(C)C. The fourth-order valence-corrected chi connectivity index (χ4v) is 1.79. The predicted octanol–water partition coefficient (Wildman–Crippen LogP) is 5.01. The van der Waals surface area contributed by atoms with Crippen LogP contribution in [0.5, 0.6) is 0 Å². The predicted molar refractivity (Wildman–Crippen MR) is 73.7 cm³/mol. The first-order chi connectivity index (χ1) is 7.63. The molecule has 0 nitrogen and oxygen atoms in total. The third kappa shape index (κ3) is 4.22. The quantitative estimate of drug-likeness (QED) is 0.649. The lowest BCUT2D eigenvalue weighted by molar-refractivity contribution is 0.586. The summed E-state index contributed by atoms with van der Waals surface area (Å²) in [5.41, 5.74) is 4.25. The smallest absolute Gasteiger partial charge is 0.0225 e. The highest BCUT2D eigenvalue weighted by Crippen LogP contribution is 2.17. The van der Waals surface area contributed by atoms with E-state index in [-0.39, 0.29) is 0 Å². The molecule has 0 saturated carbocycles. The maximum atomic E-state index is 2.29. The van der Waals surface area contributed by atoms with Gasteiger partial charge in [-0.05, 0) is 43.2 Å². The Morgan fingerprint density at radius 3 is 2.62 bits per heavy atom. The highest BCUT2D eigenvalue weighted by molar-refractivity contribution is 5.55. The zero-order valence-electron chi connectivity index (χ0n) is 11.1. The fraction of sp³-hybridized carbons (Fsp3) is 0.500. The van der Waals surface area contributed by atoms with Crippen LogP contribution in [0.15, 0.2) is 24.3 Å². The number of aryl methyl sites for hydroxylation is 2. The van der Waals surface area contributed by atoms with Crippen molar-refractivity contribution in [1.82, 2.24) is 0 Å². The van der Waals surface area contributed by atoms with Crippen LogP contribution in [0.4, 0.5) is 0 Å². The van der Waals surface area contributed by atoms with E-state index in [4.69, 9.17) is 0 Å². The third-order valence-electron chi connectivity index (χ3n) is 2.83. The summed E-state index contributed by atoms with van der Waals surface area (Å²) in [6.07, 6.45) is 8.09. The zero-order chi connectivity index (χ0) is 12.0. The Balaban J connectivity index is 2.84. The molecule has 1 rings (SSSR count). The maximum Gasteiger partial charge on any atom is -0.0225 e. The summed E-state index contributed by atoms with van der Waals surface area (Å²) < 4.78 is 0.